The van der Waals surface area contributed by atoms with Gasteiger partial charge in [-0.15, -0.1) is 0 Å². The van der Waals surface area contributed by atoms with Crippen molar-refractivity contribution in [3.63, 3.8) is 0 Å². The van der Waals surface area contributed by atoms with Crippen LogP contribution in [0.4, 0.5) is 0 Å². The first kappa shape index (κ1) is 12.3. The molecule has 0 bridgehead atoms. The van der Waals surface area contributed by atoms with Crippen molar-refractivity contribution in [3.05, 3.63) is 31.5 Å². The summed E-state index contributed by atoms with van der Waals surface area (Å²) < 4.78 is 2.38. The third-order valence-electron chi connectivity index (χ3n) is 2.53. The third kappa shape index (κ3) is 2.26. The van der Waals surface area contributed by atoms with Gasteiger partial charge in [-0.2, -0.15) is 5.10 Å². The highest BCUT2D eigenvalue weighted by atomic mass is 127. The Kier molecular flexibility index (Phi) is 3.32. The molecular weight excluding hydrogens is 331 g/mol. The first-order valence-electron chi connectivity index (χ1n) is 5.32. The third-order valence-corrected chi connectivity index (χ3v) is 3.65. The molecule has 5 nitrogen and oxygen atoms in total. The molecule has 2 aromatic rings. The van der Waals surface area contributed by atoms with Crippen LogP contribution in [0, 0.1) is 10.5 Å². The lowest BCUT2D eigenvalue weighted by Gasteiger charge is -2.03. The summed E-state index contributed by atoms with van der Waals surface area (Å²) in [5.74, 6) is 0.595. The fraction of sp³-hybridized carbons (Fsp3) is 0.364. The van der Waals surface area contributed by atoms with Gasteiger partial charge in [-0.25, -0.2) is 4.98 Å². The number of hydrogen-bond acceptors (Lipinski definition) is 3. The Bertz CT molecular complexity index is 614. The molecule has 0 atom stereocenters. The van der Waals surface area contributed by atoms with Crippen molar-refractivity contribution in [2.75, 3.05) is 0 Å². The Labute approximate surface area is 112 Å². The minimum absolute atomic E-state index is 0.0873. The van der Waals surface area contributed by atoms with Gasteiger partial charge in [0.2, 0.25) is 0 Å². The quantitative estimate of drug-likeness (QED) is 0.843. The number of halogens is 1. The van der Waals surface area contributed by atoms with Gasteiger partial charge in [0.05, 0.1) is 20.5 Å². The van der Waals surface area contributed by atoms with Crippen molar-refractivity contribution in [3.8, 4) is 11.4 Å². The minimum Gasteiger partial charge on any atom is -0.305 e. The Balaban J connectivity index is 2.65. The number of rotatable bonds is 2. The second-order valence-electron chi connectivity index (χ2n) is 3.83. The predicted molar refractivity (Wildman–Crippen MR) is 73.9 cm³/mol. The van der Waals surface area contributed by atoms with E-state index < -0.39 is 0 Å². The number of nitrogens with one attached hydrogen (secondary N) is 1. The first-order valence-corrected chi connectivity index (χ1v) is 6.40. The maximum absolute atomic E-state index is 11.8. The van der Waals surface area contributed by atoms with E-state index in [0.29, 0.717) is 9.39 Å². The van der Waals surface area contributed by atoms with Crippen LogP contribution in [0.15, 0.2) is 11.0 Å². The van der Waals surface area contributed by atoms with Gasteiger partial charge in [0, 0.05) is 13.2 Å². The van der Waals surface area contributed by atoms with E-state index in [0.717, 1.165) is 23.4 Å². The normalized spacial score (nSPS) is 10.8. The molecule has 0 saturated carbocycles. The fourth-order valence-corrected chi connectivity index (χ4v) is 2.34. The molecule has 0 saturated heterocycles. The van der Waals surface area contributed by atoms with Crippen molar-refractivity contribution in [1.82, 2.24) is 19.7 Å². The van der Waals surface area contributed by atoms with Crippen LogP contribution in [-0.4, -0.2) is 19.7 Å². The number of nitrogens with zero attached hydrogens (tertiary/aromatic N) is 3. The van der Waals surface area contributed by atoms with E-state index in [2.05, 4.69) is 15.1 Å². The lowest BCUT2D eigenvalue weighted by molar-refractivity contribution is 0.756. The van der Waals surface area contributed by atoms with Gasteiger partial charge in [-0.05, 0) is 35.9 Å². The maximum Gasteiger partial charge on any atom is 0.264 e. The van der Waals surface area contributed by atoms with Crippen LogP contribution < -0.4 is 5.56 Å². The van der Waals surface area contributed by atoms with E-state index in [4.69, 9.17) is 0 Å². The molecule has 17 heavy (non-hydrogen) atoms. The van der Waals surface area contributed by atoms with Crippen molar-refractivity contribution in [2.45, 2.75) is 20.3 Å². The first-order chi connectivity index (χ1) is 8.02. The zero-order chi connectivity index (χ0) is 12.6. The van der Waals surface area contributed by atoms with Gasteiger partial charge in [0.15, 0.2) is 0 Å². The Morgan fingerprint density at radius 3 is 2.76 bits per heavy atom. The molecule has 0 aliphatic heterocycles. The summed E-state index contributed by atoms with van der Waals surface area (Å²) in [6, 6.07) is 0. The van der Waals surface area contributed by atoms with Gasteiger partial charge in [0.25, 0.3) is 5.56 Å². The summed E-state index contributed by atoms with van der Waals surface area (Å²) in [7, 11) is 1.85. The molecule has 2 rings (SSSR count). The molecule has 1 N–H and O–H groups in total. The molecule has 2 heterocycles. The van der Waals surface area contributed by atoms with E-state index in [1.54, 1.807) is 4.68 Å². The summed E-state index contributed by atoms with van der Waals surface area (Å²) in [6.45, 7) is 3.89. The van der Waals surface area contributed by atoms with Crippen molar-refractivity contribution in [1.29, 1.82) is 0 Å². The van der Waals surface area contributed by atoms with E-state index in [-0.39, 0.29) is 5.56 Å². The number of aromatic amines is 1. The summed E-state index contributed by atoms with van der Waals surface area (Å²) >= 11 is 2.03. The van der Waals surface area contributed by atoms with Crippen molar-refractivity contribution in [2.24, 2.45) is 7.05 Å². The zero-order valence-electron chi connectivity index (χ0n) is 9.91. The molecule has 0 spiro atoms. The number of hydrogen-bond donors (Lipinski definition) is 1. The van der Waals surface area contributed by atoms with Crippen LogP contribution in [0.3, 0.4) is 0 Å². The van der Waals surface area contributed by atoms with Crippen molar-refractivity contribution >= 4 is 22.6 Å². The fourth-order valence-electron chi connectivity index (χ4n) is 1.70. The van der Waals surface area contributed by atoms with Gasteiger partial charge < -0.3 is 4.98 Å². The molecule has 2 aromatic heterocycles. The average molecular weight is 344 g/mol. The lowest BCUT2D eigenvalue weighted by atomic mass is 10.2. The molecule has 0 aliphatic carbocycles. The molecular formula is C11H13IN4O. The Morgan fingerprint density at radius 1 is 1.53 bits per heavy atom. The van der Waals surface area contributed by atoms with Crippen LogP contribution >= 0.6 is 22.6 Å². The molecule has 0 radical (unpaired) electrons. The van der Waals surface area contributed by atoms with Gasteiger partial charge in [-0.1, -0.05) is 6.92 Å². The maximum atomic E-state index is 11.8. The van der Waals surface area contributed by atoms with Crippen LogP contribution in [-0.2, 0) is 13.5 Å². The molecule has 0 amide bonds. The highest BCUT2D eigenvalue weighted by Crippen LogP contribution is 2.18. The predicted octanol–water partition coefficient (Wildman–Crippen LogP) is 1.65. The smallest absolute Gasteiger partial charge is 0.264 e. The number of aryl methyl sites for hydroxylation is 3. The number of aromatic nitrogens is 4. The van der Waals surface area contributed by atoms with Crippen molar-refractivity contribution < 1.29 is 0 Å². The van der Waals surface area contributed by atoms with Crippen LogP contribution in [0.2, 0.25) is 0 Å². The molecule has 0 aromatic carbocycles. The molecule has 0 unspecified atom stereocenters. The van der Waals surface area contributed by atoms with Crippen LogP contribution in [0.5, 0.6) is 0 Å². The molecule has 6 heteroatoms. The highest BCUT2D eigenvalue weighted by molar-refractivity contribution is 14.1. The summed E-state index contributed by atoms with van der Waals surface area (Å²) in [4.78, 5) is 19.1. The minimum atomic E-state index is -0.0873. The second kappa shape index (κ2) is 4.59. The second-order valence-corrected chi connectivity index (χ2v) is 4.91. The van der Waals surface area contributed by atoms with Gasteiger partial charge in [-0.3, -0.25) is 9.48 Å². The van der Waals surface area contributed by atoms with E-state index in [1.165, 1.54) is 0 Å². The zero-order valence-corrected chi connectivity index (χ0v) is 12.1. The summed E-state index contributed by atoms with van der Waals surface area (Å²) in [5, 5.41) is 4.25. The standard InChI is InChI=1S/C11H13IN4O/c1-4-8-9(12)11(17)14-10(13-8)7-5-16(3)15-6(7)2/h5H,4H2,1-3H3,(H,13,14,17). The molecule has 0 aliphatic rings. The highest BCUT2D eigenvalue weighted by Gasteiger charge is 2.12. The van der Waals surface area contributed by atoms with Gasteiger partial charge >= 0.3 is 0 Å². The Morgan fingerprint density at radius 2 is 2.24 bits per heavy atom. The van der Waals surface area contributed by atoms with Gasteiger partial charge in [0.1, 0.15) is 5.82 Å². The molecule has 0 fully saturated rings. The lowest BCUT2D eigenvalue weighted by Crippen LogP contribution is -2.16. The topological polar surface area (TPSA) is 63.6 Å². The van der Waals surface area contributed by atoms with E-state index in [1.807, 2.05) is 49.7 Å². The largest absolute Gasteiger partial charge is 0.305 e. The molecule has 90 valence electrons. The SMILES string of the molecule is CCc1nc(-c2cn(C)nc2C)[nH]c(=O)c1I. The van der Waals surface area contributed by atoms with E-state index in [9.17, 15) is 4.79 Å². The van der Waals surface area contributed by atoms with Crippen LogP contribution in [0.1, 0.15) is 18.3 Å². The van der Waals surface area contributed by atoms with Crippen LogP contribution in [0.25, 0.3) is 11.4 Å². The van der Waals surface area contributed by atoms with E-state index >= 15 is 0 Å². The monoisotopic (exact) mass is 344 g/mol. The average Bonchev–Trinajstić information content (AvgIpc) is 2.61. The Hall–Kier alpha value is -1.18. The summed E-state index contributed by atoms with van der Waals surface area (Å²) in [5.41, 5.74) is 2.47. The summed E-state index contributed by atoms with van der Waals surface area (Å²) in [6.07, 6.45) is 2.61. The number of H-pyrrole nitrogens is 1.